The fourth-order valence-electron chi connectivity index (χ4n) is 3.84. The van der Waals surface area contributed by atoms with Crippen LogP contribution >= 0.6 is 0 Å². The van der Waals surface area contributed by atoms with Gasteiger partial charge in [0.05, 0.1) is 6.04 Å². The van der Waals surface area contributed by atoms with Crippen molar-refractivity contribution >= 4 is 11.7 Å². The molecule has 0 aromatic heterocycles. The zero-order valence-corrected chi connectivity index (χ0v) is 14.0. The third-order valence-corrected chi connectivity index (χ3v) is 5.14. The van der Waals surface area contributed by atoms with Gasteiger partial charge in [0.2, 0.25) is 0 Å². The Morgan fingerprint density at radius 1 is 1.12 bits per heavy atom. The van der Waals surface area contributed by atoms with E-state index in [9.17, 15) is 14.7 Å². The first kappa shape index (κ1) is 17.1. The van der Waals surface area contributed by atoms with E-state index in [4.69, 9.17) is 0 Å². The molecule has 0 spiro atoms. The number of carbonyl (C=O) groups is 2. The van der Waals surface area contributed by atoms with Gasteiger partial charge in [0.1, 0.15) is 0 Å². The Hall–Kier alpha value is -1.72. The van der Waals surface area contributed by atoms with Crippen molar-refractivity contribution in [2.24, 2.45) is 0 Å². The maximum atomic E-state index is 12.6. The number of hydrogen-bond donors (Lipinski definition) is 2. The SMILES string of the molecule is O=C(NC1CCCC1)C(O)N1CCCC1C(=O)Cc1ccccc1. The number of aliphatic hydroxyl groups is 1. The number of nitrogens with zero attached hydrogens (tertiary/aromatic N) is 1. The summed E-state index contributed by atoms with van der Waals surface area (Å²) in [5.41, 5.74) is 0.972. The van der Waals surface area contributed by atoms with E-state index < -0.39 is 6.23 Å². The molecule has 5 heteroatoms. The van der Waals surface area contributed by atoms with Gasteiger partial charge >= 0.3 is 0 Å². The van der Waals surface area contributed by atoms with E-state index in [-0.39, 0.29) is 23.8 Å². The van der Waals surface area contributed by atoms with Gasteiger partial charge in [-0.1, -0.05) is 43.2 Å². The lowest BCUT2D eigenvalue weighted by Gasteiger charge is -2.28. The number of hydrogen-bond acceptors (Lipinski definition) is 4. The first-order valence-electron chi connectivity index (χ1n) is 8.96. The summed E-state index contributed by atoms with van der Waals surface area (Å²) in [6, 6.07) is 9.42. The molecular formula is C19H26N2O3. The minimum atomic E-state index is -1.22. The Morgan fingerprint density at radius 3 is 2.54 bits per heavy atom. The molecule has 1 aromatic rings. The molecular weight excluding hydrogens is 304 g/mol. The van der Waals surface area contributed by atoms with Gasteiger partial charge in [-0.15, -0.1) is 0 Å². The maximum Gasteiger partial charge on any atom is 0.264 e. The molecule has 1 heterocycles. The van der Waals surface area contributed by atoms with Crippen molar-refractivity contribution in [3.8, 4) is 0 Å². The minimum absolute atomic E-state index is 0.0754. The van der Waals surface area contributed by atoms with Crippen molar-refractivity contribution in [3.63, 3.8) is 0 Å². The van der Waals surface area contributed by atoms with Crippen molar-refractivity contribution in [1.29, 1.82) is 0 Å². The highest BCUT2D eigenvalue weighted by molar-refractivity contribution is 5.88. The van der Waals surface area contributed by atoms with Crippen molar-refractivity contribution < 1.29 is 14.7 Å². The molecule has 0 bridgehead atoms. The number of rotatable bonds is 6. The predicted molar refractivity (Wildman–Crippen MR) is 91.3 cm³/mol. The lowest BCUT2D eigenvalue weighted by molar-refractivity contribution is -0.143. The Kier molecular flexibility index (Phi) is 5.63. The summed E-state index contributed by atoms with van der Waals surface area (Å²) >= 11 is 0. The van der Waals surface area contributed by atoms with Crippen LogP contribution < -0.4 is 5.32 Å². The number of likely N-dealkylation sites (tertiary alicyclic amines) is 1. The van der Waals surface area contributed by atoms with E-state index in [0.717, 1.165) is 37.7 Å². The highest BCUT2D eigenvalue weighted by Crippen LogP contribution is 2.23. The number of amides is 1. The average molecular weight is 330 g/mol. The van der Waals surface area contributed by atoms with E-state index in [1.165, 1.54) is 0 Å². The standard InChI is InChI=1S/C19H26N2O3/c22-17(13-14-7-2-1-3-8-14)16-11-6-12-21(16)19(24)18(23)20-15-9-4-5-10-15/h1-3,7-8,15-16,19,24H,4-6,9-13H2,(H,20,23). The molecule has 0 radical (unpaired) electrons. The van der Waals surface area contributed by atoms with Gasteiger partial charge in [-0.05, 0) is 31.2 Å². The van der Waals surface area contributed by atoms with E-state index in [1.54, 1.807) is 4.90 Å². The van der Waals surface area contributed by atoms with Crippen LogP contribution in [0.4, 0.5) is 0 Å². The highest BCUT2D eigenvalue weighted by atomic mass is 16.3. The molecule has 2 atom stereocenters. The molecule has 2 aliphatic rings. The van der Waals surface area contributed by atoms with Gasteiger partial charge in [0.25, 0.3) is 5.91 Å². The molecule has 130 valence electrons. The van der Waals surface area contributed by atoms with Crippen LogP contribution in [0.5, 0.6) is 0 Å². The maximum absolute atomic E-state index is 12.6. The molecule has 1 saturated heterocycles. The summed E-state index contributed by atoms with van der Waals surface area (Å²) in [5, 5.41) is 13.3. The van der Waals surface area contributed by atoms with Crippen LogP contribution in [0.25, 0.3) is 0 Å². The molecule has 1 aliphatic heterocycles. The second kappa shape index (κ2) is 7.90. The van der Waals surface area contributed by atoms with Crippen molar-refractivity contribution in [2.45, 2.75) is 63.3 Å². The molecule has 5 nitrogen and oxygen atoms in total. The summed E-state index contributed by atoms with van der Waals surface area (Å²) in [5.74, 6) is -0.285. The first-order valence-corrected chi connectivity index (χ1v) is 8.96. The first-order chi connectivity index (χ1) is 11.6. The number of benzene rings is 1. The van der Waals surface area contributed by atoms with Crippen molar-refractivity contribution in [1.82, 2.24) is 10.2 Å². The fourth-order valence-corrected chi connectivity index (χ4v) is 3.84. The summed E-state index contributed by atoms with van der Waals surface area (Å²) in [4.78, 5) is 26.6. The second-order valence-corrected chi connectivity index (χ2v) is 6.89. The summed E-state index contributed by atoms with van der Waals surface area (Å²) in [6.07, 6.45) is 4.88. The molecule has 24 heavy (non-hydrogen) atoms. The average Bonchev–Trinajstić information content (AvgIpc) is 3.26. The van der Waals surface area contributed by atoms with Crippen LogP contribution in [0.1, 0.15) is 44.1 Å². The minimum Gasteiger partial charge on any atom is -0.370 e. The van der Waals surface area contributed by atoms with Crippen LogP contribution in [-0.2, 0) is 16.0 Å². The van der Waals surface area contributed by atoms with Crippen LogP contribution in [0.15, 0.2) is 30.3 Å². The molecule has 2 N–H and O–H groups in total. The monoisotopic (exact) mass is 330 g/mol. The van der Waals surface area contributed by atoms with Gasteiger partial charge < -0.3 is 10.4 Å². The van der Waals surface area contributed by atoms with Gasteiger partial charge in [-0.25, -0.2) is 0 Å². The van der Waals surface area contributed by atoms with Crippen LogP contribution in [0.2, 0.25) is 0 Å². The van der Waals surface area contributed by atoms with Gasteiger partial charge in [-0.2, -0.15) is 0 Å². The Labute approximate surface area is 143 Å². The number of nitrogens with one attached hydrogen (secondary N) is 1. The zero-order valence-electron chi connectivity index (χ0n) is 14.0. The number of ketones is 1. The van der Waals surface area contributed by atoms with Crippen LogP contribution in [0, 0.1) is 0 Å². The molecule has 1 amide bonds. The third-order valence-electron chi connectivity index (χ3n) is 5.14. The lowest BCUT2D eigenvalue weighted by Crippen LogP contribution is -2.52. The van der Waals surface area contributed by atoms with E-state index in [2.05, 4.69) is 5.32 Å². The normalized spacial score (nSPS) is 23.3. The smallest absolute Gasteiger partial charge is 0.264 e. The molecule has 1 aliphatic carbocycles. The van der Waals surface area contributed by atoms with Crippen molar-refractivity contribution in [3.05, 3.63) is 35.9 Å². The molecule has 3 rings (SSSR count). The van der Waals surface area contributed by atoms with Gasteiger partial charge in [0, 0.05) is 19.0 Å². The van der Waals surface area contributed by atoms with E-state index >= 15 is 0 Å². The number of aliphatic hydroxyl groups excluding tert-OH is 1. The van der Waals surface area contributed by atoms with Gasteiger partial charge in [0.15, 0.2) is 12.0 Å². The Bertz CT molecular complexity index is 569. The largest absolute Gasteiger partial charge is 0.370 e. The van der Waals surface area contributed by atoms with Crippen molar-refractivity contribution in [2.75, 3.05) is 6.54 Å². The number of carbonyl (C=O) groups excluding carboxylic acids is 2. The number of Topliss-reactive ketones (excluding diaryl/α,β-unsaturated/α-hetero) is 1. The zero-order chi connectivity index (χ0) is 16.9. The van der Waals surface area contributed by atoms with Gasteiger partial charge in [-0.3, -0.25) is 14.5 Å². The third kappa shape index (κ3) is 4.02. The quantitative estimate of drug-likeness (QED) is 0.832. The predicted octanol–water partition coefficient (Wildman–Crippen LogP) is 1.64. The lowest BCUT2D eigenvalue weighted by atomic mass is 10.0. The topological polar surface area (TPSA) is 69.6 Å². The van der Waals surface area contributed by atoms with Crippen LogP contribution in [-0.4, -0.2) is 46.6 Å². The molecule has 1 saturated carbocycles. The Balaban J connectivity index is 1.59. The summed E-state index contributed by atoms with van der Waals surface area (Å²) in [6.45, 7) is 0.588. The second-order valence-electron chi connectivity index (χ2n) is 6.89. The fraction of sp³-hybridized carbons (Fsp3) is 0.579. The Morgan fingerprint density at radius 2 is 1.83 bits per heavy atom. The van der Waals surface area contributed by atoms with E-state index in [0.29, 0.717) is 19.4 Å². The van der Waals surface area contributed by atoms with Crippen LogP contribution in [0.3, 0.4) is 0 Å². The highest BCUT2D eigenvalue weighted by Gasteiger charge is 2.37. The summed E-state index contributed by atoms with van der Waals surface area (Å²) in [7, 11) is 0. The molecule has 2 fully saturated rings. The molecule has 1 aromatic carbocycles. The summed E-state index contributed by atoms with van der Waals surface area (Å²) < 4.78 is 0. The van der Waals surface area contributed by atoms with E-state index in [1.807, 2.05) is 30.3 Å². The molecule has 2 unspecified atom stereocenters.